The van der Waals surface area contributed by atoms with Crippen LogP contribution in [0.2, 0.25) is 5.02 Å². The topological polar surface area (TPSA) is 57.8 Å². The van der Waals surface area contributed by atoms with Crippen molar-refractivity contribution in [3.63, 3.8) is 0 Å². The van der Waals surface area contributed by atoms with E-state index < -0.39 is 0 Å². The van der Waals surface area contributed by atoms with Gasteiger partial charge in [0.25, 0.3) is 5.91 Å². The molecule has 0 aliphatic heterocycles. The second-order valence-corrected chi connectivity index (χ2v) is 7.25. The number of nitrogens with one attached hydrogen (secondary N) is 2. The fourth-order valence-electron chi connectivity index (χ4n) is 3.76. The van der Waals surface area contributed by atoms with Crippen LogP contribution in [0.3, 0.4) is 0 Å². The number of amides is 1. The van der Waals surface area contributed by atoms with Crippen LogP contribution < -0.4 is 5.32 Å². The number of hydrogen-bond acceptors (Lipinski definition) is 2. The molecule has 120 valence electrons. The highest BCUT2D eigenvalue weighted by Gasteiger charge is 2.41. The van der Waals surface area contributed by atoms with Crippen molar-refractivity contribution < 1.29 is 4.79 Å². The van der Waals surface area contributed by atoms with Crippen molar-refractivity contribution in [2.75, 3.05) is 6.54 Å². The summed E-state index contributed by atoms with van der Waals surface area (Å²) in [6.07, 6.45) is 6.87. The minimum absolute atomic E-state index is 0.0541. The highest BCUT2D eigenvalue weighted by molar-refractivity contribution is 6.30. The first-order valence-corrected chi connectivity index (χ1v) is 8.66. The summed E-state index contributed by atoms with van der Waals surface area (Å²) in [5, 5.41) is 10.7. The van der Waals surface area contributed by atoms with E-state index in [-0.39, 0.29) is 5.91 Å². The van der Waals surface area contributed by atoms with Gasteiger partial charge in [-0.1, -0.05) is 23.7 Å². The standard InChI is InChI=1S/C18H20ClN3O/c19-15-5-3-12(4-6-15)17-16(10-21-22-17)18(23)20-9-11-1-2-13-8-14(13)7-11/h3-6,10-11,13-14H,1-2,7-9H2,(H,20,23)(H,21,22). The van der Waals surface area contributed by atoms with Gasteiger partial charge in [0.15, 0.2) is 0 Å². The Balaban J connectivity index is 1.42. The maximum Gasteiger partial charge on any atom is 0.255 e. The third kappa shape index (κ3) is 3.13. The Labute approximate surface area is 140 Å². The summed E-state index contributed by atoms with van der Waals surface area (Å²) in [7, 11) is 0. The molecule has 1 amide bonds. The molecule has 1 aromatic heterocycles. The van der Waals surface area contributed by atoms with Crippen LogP contribution in [0.5, 0.6) is 0 Å². The number of benzene rings is 1. The number of aromatic amines is 1. The summed E-state index contributed by atoms with van der Waals surface area (Å²) < 4.78 is 0. The molecule has 2 saturated carbocycles. The summed E-state index contributed by atoms with van der Waals surface area (Å²) in [6, 6.07) is 7.41. The van der Waals surface area contributed by atoms with Crippen LogP contribution in [0.25, 0.3) is 11.3 Å². The fourth-order valence-corrected chi connectivity index (χ4v) is 3.89. The van der Waals surface area contributed by atoms with Gasteiger partial charge in [-0.05, 0) is 55.6 Å². The molecule has 2 aromatic rings. The second-order valence-electron chi connectivity index (χ2n) is 6.81. The number of aromatic nitrogens is 2. The number of fused-ring (bicyclic) bond motifs is 1. The van der Waals surface area contributed by atoms with E-state index in [1.165, 1.54) is 25.7 Å². The van der Waals surface area contributed by atoms with E-state index in [0.717, 1.165) is 29.6 Å². The van der Waals surface area contributed by atoms with Gasteiger partial charge in [-0.15, -0.1) is 0 Å². The number of H-pyrrole nitrogens is 1. The van der Waals surface area contributed by atoms with Gasteiger partial charge in [-0.25, -0.2) is 0 Å². The van der Waals surface area contributed by atoms with Crippen LogP contribution in [0.1, 0.15) is 36.0 Å². The van der Waals surface area contributed by atoms with Crippen molar-refractivity contribution in [1.29, 1.82) is 0 Å². The predicted octanol–water partition coefficient (Wildman–Crippen LogP) is 3.90. The van der Waals surface area contributed by atoms with Crippen LogP contribution >= 0.6 is 11.6 Å². The zero-order valence-electron chi connectivity index (χ0n) is 12.9. The molecule has 5 heteroatoms. The minimum Gasteiger partial charge on any atom is -0.352 e. The average molecular weight is 330 g/mol. The van der Waals surface area contributed by atoms with Gasteiger partial charge in [-0.2, -0.15) is 5.10 Å². The van der Waals surface area contributed by atoms with Crippen LogP contribution in [0, 0.1) is 17.8 Å². The van der Waals surface area contributed by atoms with Crippen molar-refractivity contribution >= 4 is 17.5 Å². The third-order valence-electron chi connectivity index (χ3n) is 5.22. The molecule has 0 radical (unpaired) electrons. The van der Waals surface area contributed by atoms with E-state index in [9.17, 15) is 4.79 Å². The molecular weight excluding hydrogens is 310 g/mol. The van der Waals surface area contributed by atoms with Crippen molar-refractivity contribution in [2.45, 2.75) is 25.7 Å². The molecule has 0 saturated heterocycles. The van der Waals surface area contributed by atoms with E-state index in [2.05, 4.69) is 15.5 Å². The first-order chi connectivity index (χ1) is 11.2. The smallest absolute Gasteiger partial charge is 0.255 e. The molecule has 2 fully saturated rings. The van der Waals surface area contributed by atoms with Crippen molar-refractivity contribution in [2.24, 2.45) is 17.8 Å². The van der Waals surface area contributed by atoms with Crippen molar-refractivity contribution in [3.05, 3.63) is 41.0 Å². The molecule has 0 bridgehead atoms. The number of carbonyl (C=O) groups is 1. The molecule has 2 aliphatic carbocycles. The molecule has 1 aromatic carbocycles. The van der Waals surface area contributed by atoms with Gasteiger partial charge >= 0.3 is 0 Å². The number of halogens is 1. The molecule has 3 unspecified atom stereocenters. The van der Waals surface area contributed by atoms with Crippen molar-refractivity contribution in [1.82, 2.24) is 15.5 Å². The van der Waals surface area contributed by atoms with Gasteiger partial charge in [0.2, 0.25) is 0 Å². The van der Waals surface area contributed by atoms with Gasteiger partial charge in [0.1, 0.15) is 0 Å². The lowest BCUT2D eigenvalue weighted by Crippen LogP contribution is -2.30. The number of hydrogen-bond donors (Lipinski definition) is 2. The molecule has 2 aliphatic rings. The Morgan fingerprint density at radius 3 is 2.83 bits per heavy atom. The lowest BCUT2D eigenvalue weighted by Gasteiger charge is -2.21. The minimum atomic E-state index is -0.0541. The first-order valence-electron chi connectivity index (χ1n) is 8.28. The Hall–Kier alpha value is -1.81. The molecule has 0 spiro atoms. The van der Waals surface area contributed by atoms with E-state index in [4.69, 9.17) is 11.6 Å². The number of carbonyl (C=O) groups excluding carboxylic acids is 1. The van der Waals surface area contributed by atoms with Crippen LogP contribution in [0.15, 0.2) is 30.5 Å². The maximum absolute atomic E-state index is 12.5. The highest BCUT2D eigenvalue weighted by atomic mass is 35.5. The normalized spacial score (nSPS) is 25.7. The Bertz CT molecular complexity index is 709. The van der Waals surface area contributed by atoms with E-state index in [1.54, 1.807) is 6.20 Å². The molecule has 4 rings (SSSR count). The molecule has 23 heavy (non-hydrogen) atoms. The highest BCUT2D eigenvalue weighted by Crippen LogP contribution is 2.51. The van der Waals surface area contributed by atoms with Gasteiger partial charge in [-0.3, -0.25) is 9.89 Å². The molecule has 2 N–H and O–H groups in total. The van der Waals surface area contributed by atoms with Gasteiger partial charge in [0.05, 0.1) is 17.5 Å². The maximum atomic E-state index is 12.5. The molecule has 3 atom stereocenters. The monoisotopic (exact) mass is 329 g/mol. The first kappa shape index (κ1) is 14.8. The second kappa shape index (κ2) is 6.00. The van der Waals surface area contributed by atoms with Gasteiger partial charge < -0.3 is 5.32 Å². The Morgan fingerprint density at radius 2 is 2.04 bits per heavy atom. The Kier molecular flexibility index (Phi) is 3.85. The van der Waals surface area contributed by atoms with Gasteiger partial charge in [0, 0.05) is 17.1 Å². The summed E-state index contributed by atoms with van der Waals surface area (Å²) in [6.45, 7) is 0.771. The SMILES string of the molecule is O=C(NCC1CCC2CC2C1)c1cn[nH]c1-c1ccc(Cl)cc1. The largest absolute Gasteiger partial charge is 0.352 e. The lowest BCUT2D eigenvalue weighted by atomic mass is 9.89. The van der Waals surface area contributed by atoms with E-state index >= 15 is 0 Å². The summed E-state index contributed by atoms with van der Waals surface area (Å²) >= 11 is 5.92. The molecule has 1 heterocycles. The quantitative estimate of drug-likeness (QED) is 0.893. The Morgan fingerprint density at radius 1 is 1.22 bits per heavy atom. The summed E-state index contributed by atoms with van der Waals surface area (Å²) in [5.41, 5.74) is 2.24. The summed E-state index contributed by atoms with van der Waals surface area (Å²) in [5.74, 6) is 2.51. The number of nitrogens with zero attached hydrogens (tertiary/aromatic N) is 1. The van der Waals surface area contributed by atoms with Crippen LogP contribution in [-0.2, 0) is 0 Å². The molecular formula is C18H20ClN3O. The zero-order valence-corrected chi connectivity index (χ0v) is 13.6. The van der Waals surface area contributed by atoms with E-state index in [0.29, 0.717) is 16.5 Å². The third-order valence-corrected chi connectivity index (χ3v) is 5.47. The average Bonchev–Trinajstić information content (AvgIpc) is 3.17. The van der Waals surface area contributed by atoms with E-state index in [1.807, 2.05) is 24.3 Å². The lowest BCUT2D eigenvalue weighted by molar-refractivity contribution is 0.0944. The van der Waals surface area contributed by atoms with Crippen LogP contribution in [-0.4, -0.2) is 22.6 Å². The number of rotatable bonds is 4. The van der Waals surface area contributed by atoms with Crippen LogP contribution in [0.4, 0.5) is 0 Å². The fraction of sp³-hybridized carbons (Fsp3) is 0.444. The molecule has 4 nitrogen and oxygen atoms in total. The zero-order chi connectivity index (χ0) is 15.8. The van der Waals surface area contributed by atoms with Crippen molar-refractivity contribution in [3.8, 4) is 11.3 Å². The summed E-state index contributed by atoms with van der Waals surface area (Å²) in [4.78, 5) is 12.5. The predicted molar refractivity (Wildman–Crippen MR) is 90.3 cm³/mol.